The number of rotatable bonds is 11. The maximum atomic E-state index is 10.7. The van der Waals surface area contributed by atoms with Gasteiger partial charge in [0.2, 0.25) is 0 Å². The van der Waals surface area contributed by atoms with Crippen LogP contribution in [0.2, 0.25) is 0 Å². The molecule has 1 unspecified atom stereocenters. The fourth-order valence-electron chi connectivity index (χ4n) is 2.27. The Kier molecular flexibility index (Phi) is 8.54. The second-order valence-corrected chi connectivity index (χ2v) is 5.31. The van der Waals surface area contributed by atoms with Crippen LogP contribution in [0.25, 0.3) is 0 Å². The van der Waals surface area contributed by atoms with Gasteiger partial charge in [0.1, 0.15) is 0 Å². The molecular formula is C17H29NO3. The van der Waals surface area contributed by atoms with Crippen molar-refractivity contribution < 1.29 is 14.6 Å². The van der Waals surface area contributed by atoms with Crippen LogP contribution in [0.1, 0.15) is 26.3 Å². The molecule has 0 heterocycles. The second-order valence-electron chi connectivity index (χ2n) is 5.31. The smallest absolute Gasteiger partial charge is 0.0994 e. The first-order valence-electron chi connectivity index (χ1n) is 7.76. The fraction of sp³-hybridized carbons (Fsp3) is 0.647. The maximum Gasteiger partial charge on any atom is 0.0994 e. The van der Waals surface area contributed by atoms with Gasteiger partial charge in [-0.15, -0.1) is 0 Å². The summed E-state index contributed by atoms with van der Waals surface area (Å²) in [5, 5.41) is 10.7. The van der Waals surface area contributed by atoms with E-state index in [0.29, 0.717) is 33.0 Å². The molecule has 0 saturated carbocycles. The summed E-state index contributed by atoms with van der Waals surface area (Å²) in [7, 11) is 0. The van der Waals surface area contributed by atoms with Gasteiger partial charge in [-0.1, -0.05) is 30.3 Å². The maximum absolute atomic E-state index is 10.7. The van der Waals surface area contributed by atoms with E-state index in [1.54, 1.807) is 0 Å². The van der Waals surface area contributed by atoms with Crippen molar-refractivity contribution in [3.63, 3.8) is 0 Å². The first-order chi connectivity index (χ1) is 10.1. The highest BCUT2D eigenvalue weighted by Gasteiger charge is 2.25. The lowest BCUT2D eigenvalue weighted by Gasteiger charge is -2.32. The summed E-state index contributed by atoms with van der Waals surface area (Å²) in [5.41, 5.74) is 0.0579. The molecule has 4 heteroatoms. The number of hydrogen-bond acceptors (Lipinski definition) is 4. The number of hydrogen-bond donors (Lipinski definition) is 1. The topological polar surface area (TPSA) is 41.9 Å². The Morgan fingerprint density at radius 1 is 1.00 bits per heavy atom. The van der Waals surface area contributed by atoms with E-state index in [1.165, 1.54) is 0 Å². The van der Waals surface area contributed by atoms with Gasteiger partial charge in [-0.25, -0.2) is 0 Å². The van der Waals surface area contributed by atoms with Crippen LogP contribution in [-0.2, 0) is 15.1 Å². The van der Waals surface area contributed by atoms with Gasteiger partial charge < -0.3 is 14.6 Å². The van der Waals surface area contributed by atoms with Crippen LogP contribution < -0.4 is 0 Å². The summed E-state index contributed by atoms with van der Waals surface area (Å²) in [5.74, 6) is 0. The zero-order valence-electron chi connectivity index (χ0n) is 13.5. The van der Waals surface area contributed by atoms with Crippen LogP contribution in [-0.4, -0.2) is 56.1 Å². The fourth-order valence-corrected chi connectivity index (χ4v) is 2.27. The van der Waals surface area contributed by atoms with Gasteiger partial charge >= 0.3 is 0 Å². The largest absolute Gasteiger partial charge is 0.384 e. The SMILES string of the molecule is CCOCCN(CCOCC)CC(C)(O)c1ccccc1. The van der Waals surface area contributed by atoms with E-state index >= 15 is 0 Å². The minimum atomic E-state index is -0.875. The summed E-state index contributed by atoms with van der Waals surface area (Å²) < 4.78 is 10.9. The van der Waals surface area contributed by atoms with Crippen LogP contribution in [0.5, 0.6) is 0 Å². The Hall–Kier alpha value is -0.940. The van der Waals surface area contributed by atoms with Gasteiger partial charge in [-0.05, 0) is 26.3 Å². The minimum absolute atomic E-state index is 0.567. The van der Waals surface area contributed by atoms with Crippen LogP contribution in [0, 0.1) is 0 Å². The monoisotopic (exact) mass is 295 g/mol. The van der Waals surface area contributed by atoms with Crippen molar-refractivity contribution in [3.05, 3.63) is 35.9 Å². The van der Waals surface area contributed by atoms with E-state index in [2.05, 4.69) is 4.90 Å². The molecule has 1 rings (SSSR count). The van der Waals surface area contributed by atoms with Crippen molar-refractivity contribution >= 4 is 0 Å². The number of aliphatic hydroxyl groups is 1. The molecule has 21 heavy (non-hydrogen) atoms. The molecule has 0 aliphatic carbocycles. The van der Waals surface area contributed by atoms with Gasteiger partial charge in [0, 0.05) is 32.8 Å². The Bertz CT molecular complexity index is 358. The predicted octanol–water partition coefficient (Wildman–Crippen LogP) is 2.27. The quantitative estimate of drug-likeness (QED) is 0.636. The predicted molar refractivity (Wildman–Crippen MR) is 85.4 cm³/mol. The first-order valence-corrected chi connectivity index (χ1v) is 7.76. The molecule has 0 aliphatic rings. The molecular weight excluding hydrogens is 266 g/mol. The molecule has 0 bridgehead atoms. The lowest BCUT2D eigenvalue weighted by atomic mass is 9.95. The van der Waals surface area contributed by atoms with Gasteiger partial charge in [0.15, 0.2) is 0 Å². The van der Waals surface area contributed by atoms with E-state index in [-0.39, 0.29) is 0 Å². The highest BCUT2D eigenvalue weighted by Crippen LogP contribution is 2.21. The summed E-state index contributed by atoms with van der Waals surface area (Å²) in [6.45, 7) is 10.8. The third-order valence-corrected chi connectivity index (χ3v) is 3.44. The Labute approximate surface area is 128 Å². The molecule has 0 aliphatic heterocycles. The van der Waals surface area contributed by atoms with Gasteiger partial charge in [-0.2, -0.15) is 0 Å². The van der Waals surface area contributed by atoms with Crippen LogP contribution in [0.4, 0.5) is 0 Å². The molecule has 4 nitrogen and oxygen atoms in total. The molecule has 120 valence electrons. The van der Waals surface area contributed by atoms with E-state index in [9.17, 15) is 5.11 Å². The molecule has 0 spiro atoms. The highest BCUT2D eigenvalue weighted by molar-refractivity contribution is 5.21. The first kappa shape index (κ1) is 18.1. The Morgan fingerprint density at radius 2 is 1.52 bits per heavy atom. The summed E-state index contributed by atoms with van der Waals surface area (Å²) >= 11 is 0. The molecule has 0 amide bonds. The van der Waals surface area contributed by atoms with Crippen LogP contribution >= 0.6 is 0 Å². The van der Waals surface area contributed by atoms with Gasteiger partial charge in [-0.3, -0.25) is 4.90 Å². The summed E-state index contributed by atoms with van der Waals surface area (Å²) in [4.78, 5) is 2.19. The van der Waals surface area contributed by atoms with Crippen LogP contribution in [0.15, 0.2) is 30.3 Å². The van der Waals surface area contributed by atoms with E-state index in [4.69, 9.17) is 9.47 Å². The lowest BCUT2D eigenvalue weighted by Crippen LogP contribution is -2.42. The third kappa shape index (κ3) is 7.05. The molecule has 0 fully saturated rings. The van der Waals surface area contributed by atoms with Gasteiger partial charge in [0.25, 0.3) is 0 Å². The Morgan fingerprint density at radius 3 is 2.00 bits per heavy atom. The number of ether oxygens (including phenoxy) is 2. The average molecular weight is 295 g/mol. The molecule has 1 N–H and O–H groups in total. The van der Waals surface area contributed by atoms with Crippen molar-refractivity contribution in [3.8, 4) is 0 Å². The van der Waals surface area contributed by atoms with Crippen molar-refractivity contribution in [2.45, 2.75) is 26.4 Å². The van der Waals surface area contributed by atoms with E-state index in [1.807, 2.05) is 51.1 Å². The van der Waals surface area contributed by atoms with Crippen molar-refractivity contribution in [1.82, 2.24) is 4.90 Å². The molecule has 0 radical (unpaired) electrons. The number of benzene rings is 1. The normalized spacial score (nSPS) is 14.3. The average Bonchev–Trinajstić information content (AvgIpc) is 2.48. The summed E-state index contributed by atoms with van der Waals surface area (Å²) in [6.07, 6.45) is 0. The molecule has 0 aromatic heterocycles. The minimum Gasteiger partial charge on any atom is -0.384 e. The second kappa shape index (κ2) is 9.90. The molecule has 1 aromatic carbocycles. The summed E-state index contributed by atoms with van der Waals surface area (Å²) in [6, 6.07) is 9.79. The standard InChI is InChI=1S/C17H29NO3/c1-4-20-13-11-18(12-14-21-5-2)15-17(3,19)16-9-7-6-8-10-16/h6-10,19H,4-5,11-15H2,1-3H3. The zero-order valence-corrected chi connectivity index (χ0v) is 13.5. The zero-order chi connectivity index (χ0) is 15.6. The molecule has 1 aromatic rings. The third-order valence-electron chi connectivity index (χ3n) is 3.44. The van der Waals surface area contributed by atoms with Crippen molar-refractivity contribution in [2.24, 2.45) is 0 Å². The number of nitrogens with zero attached hydrogens (tertiary/aromatic N) is 1. The van der Waals surface area contributed by atoms with Crippen molar-refractivity contribution in [1.29, 1.82) is 0 Å². The van der Waals surface area contributed by atoms with Gasteiger partial charge in [0.05, 0.1) is 18.8 Å². The Balaban J connectivity index is 2.60. The van der Waals surface area contributed by atoms with Crippen LogP contribution in [0.3, 0.4) is 0 Å². The van der Waals surface area contributed by atoms with Crippen molar-refractivity contribution in [2.75, 3.05) is 46.1 Å². The molecule has 0 saturated heterocycles. The lowest BCUT2D eigenvalue weighted by molar-refractivity contribution is -0.00263. The highest BCUT2D eigenvalue weighted by atomic mass is 16.5. The molecule has 1 atom stereocenters. The van der Waals surface area contributed by atoms with E-state index in [0.717, 1.165) is 18.7 Å². The van der Waals surface area contributed by atoms with E-state index < -0.39 is 5.60 Å².